The van der Waals surface area contributed by atoms with Gasteiger partial charge in [0.25, 0.3) is 0 Å². The molecule has 4 aromatic rings. The SMILES string of the molecule is Cc1cc(C)c2c(oc3cc4ccccc4cc32)c1C(C)(C)C. The zero-order chi connectivity index (χ0) is 16.4. The third kappa shape index (κ3) is 2.07. The molecule has 0 unspecified atom stereocenters. The fourth-order valence-electron chi connectivity index (χ4n) is 3.93. The first-order chi connectivity index (χ1) is 10.9. The Hall–Kier alpha value is -2.28. The van der Waals surface area contributed by atoms with E-state index in [1.165, 1.54) is 38.2 Å². The third-order valence-electron chi connectivity index (χ3n) is 4.76. The molecule has 0 amide bonds. The molecule has 1 nitrogen and oxygen atoms in total. The highest BCUT2D eigenvalue weighted by atomic mass is 16.3. The van der Waals surface area contributed by atoms with Gasteiger partial charge >= 0.3 is 0 Å². The van der Waals surface area contributed by atoms with Crippen LogP contribution in [-0.2, 0) is 5.41 Å². The first-order valence-electron chi connectivity index (χ1n) is 8.22. The Morgan fingerprint density at radius 2 is 1.48 bits per heavy atom. The van der Waals surface area contributed by atoms with Gasteiger partial charge in [-0.3, -0.25) is 0 Å². The summed E-state index contributed by atoms with van der Waals surface area (Å²) in [6, 6.07) is 15.2. The number of hydrogen-bond donors (Lipinski definition) is 0. The molecule has 0 saturated heterocycles. The van der Waals surface area contributed by atoms with E-state index < -0.39 is 0 Å². The second-order valence-corrected chi connectivity index (χ2v) is 7.64. The molecule has 3 aromatic carbocycles. The lowest BCUT2D eigenvalue weighted by Crippen LogP contribution is -2.13. The molecule has 0 radical (unpaired) electrons. The van der Waals surface area contributed by atoms with Crippen LogP contribution in [-0.4, -0.2) is 0 Å². The fourth-order valence-corrected chi connectivity index (χ4v) is 3.93. The van der Waals surface area contributed by atoms with E-state index in [0.717, 1.165) is 11.2 Å². The first kappa shape index (κ1) is 14.3. The van der Waals surface area contributed by atoms with E-state index in [1.54, 1.807) is 0 Å². The summed E-state index contributed by atoms with van der Waals surface area (Å²) in [6.45, 7) is 11.2. The maximum atomic E-state index is 6.38. The van der Waals surface area contributed by atoms with Gasteiger partial charge < -0.3 is 4.42 Å². The van der Waals surface area contributed by atoms with Gasteiger partial charge in [-0.25, -0.2) is 0 Å². The predicted octanol–water partition coefficient (Wildman–Crippen LogP) is 6.65. The van der Waals surface area contributed by atoms with Crippen molar-refractivity contribution in [3.8, 4) is 0 Å². The smallest absolute Gasteiger partial charge is 0.139 e. The van der Waals surface area contributed by atoms with Crippen molar-refractivity contribution >= 4 is 32.7 Å². The van der Waals surface area contributed by atoms with E-state index in [9.17, 15) is 0 Å². The van der Waals surface area contributed by atoms with E-state index in [1.807, 2.05) is 0 Å². The van der Waals surface area contributed by atoms with Gasteiger partial charge in [0.15, 0.2) is 0 Å². The molecule has 4 rings (SSSR count). The van der Waals surface area contributed by atoms with Crippen molar-refractivity contribution < 1.29 is 4.42 Å². The minimum absolute atomic E-state index is 0.0589. The summed E-state index contributed by atoms with van der Waals surface area (Å²) in [5, 5.41) is 4.98. The summed E-state index contributed by atoms with van der Waals surface area (Å²) in [6.07, 6.45) is 0. The van der Waals surface area contributed by atoms with Gasteiger partial charge in [-0.1, -0.05) is 51.1 Å². The topological polar surface area (TPSA) is 13.1 Å². The Morgan fingerprint density at radius 1 is 0.826 bits per heavy atom. The molecular formula is C22H22O. The largest absolute Gasteiger partial charge is 0.456 e. The monoisotopic (exact) mass is 302 g/mol. The Labute approximate surface area is 136 Å². The summed E-state index contributed by atoms with van der Waals surface area (Å²) in [4.78, 5) is 0. The van der Waals surface area contributed by atoms with Crippen LogP contribution >= 0.6 is 0 Å². The van der Waals surface area contributed by atoms with Crippen LogP contribution in [0.3, 0.4) is 0 Å². The summed E-state index contributed by atoms with van der Waals surface area (Å²) in [7, 11) is 0. The minimum Gasteiger partial charge on any atom is -0.456 e. The van der Waals surface area contributed by atoms with Gasteiger partial charge in [0.05, 0.1) is 0 Å². The number of fused-ring (bicyclic) bond motifs is 4. The molecule has 0 atom stereocenters. The highest BCUT2D eigenvalue weighted by molar-refractivity contribution is 6.12. The normalized spacial score (nSPS) is 12.6. The molecule has 0 fully saturated rings. The molecular weight excluding hydrogens is 280 g/mol. The molecule has 0 aliphatic heterocycles. The van der Waals surface area contributed by atoms with Gasteiger partial charge in [0.2, 0.25) is 0 Å². The number of aryl methyl sites for hydroxylation is 2. The molecule has 23 heavy (non-hydrogen) atoms. The lowest BCUT2D eigenvalue weighted by molar-refractivity contribution is 0.569. The third-order valence-corrected chi connectivity index (χ3v) is 4.76. The van der Waals surface area contributed by atoms with Gasteiger partial charge in [-0.15, -0.1) is 0 Å². The van der Waals surface area contributed by atoms with E-state index >= 15 is 0 Å². The van der Waals surface area contributed by atoms with E-state index in [0.29, 0.717) is 0 Å². The van der Waals surface area contributed by atoms with Crippen molar-refractivity contribution in [3.63, 3.8) is 0 Å². The van der Waals surface area contributed by atoms with E-state index in [4.69, 9.17) is 4.42 Å². The average molecular weight is 302 g/mol. The summed E-state index contributed by atoms with van der Waals surface area (Å²) < 4.78 is 6.38. The molecule has 0 bridgehead atoms. The molecule has 1 aromatic heterocycles. The average Bonchev–Trinajstić information content (AvgIpc) is 2.80. The van der Waals surface area contributed by atoms with Crippen LogP contribution in [0.1, 0.15) is 37.5 Å². The maximum Gasteiger partial charge on any atom is 0.139 e. The van der Waals surface area contributed by atoms with Crippen LogP contribution in [0.5, 0.6) is 0 Å². The predicted molar refractivity (Wildman–Crippen MR) is 99.4 cm³/mol. The Balaban J connectivity index is 2.24. The van der Waals surface area contributed by atoms with Crippen LogP contribution in [0.25, 0.3) is 32.7 Å². The van der Waals surface area contributed by atoms with Crippen molar-refractivity contribution in [1.29, 1.82) is 0 Å². The Bertz CT molecular complexity index is 1060. The van der Waals surface area contributed by atoms with Gasteiger partial charge in [-0.05, 0) is 53.3 Å². The summed E-state index contributed by atoms with van der Waals surface area (Å²) in [5.74, 6) is 0. The highest BCUT2D eigenvalue weighted by Gasteiger charge is 2.24. The number of hydrogen-bond acceptors (Lipinski definition) is 1. The Kier molecular flexibility index (Phi) is 2.87. The van der Waals surface area contributed by atoms with Crippen LogP contribution in [0.4, 0.5) is 0 Å². The van der Waals surface area contributed by atoms with Gasteiger partial charge in [0, 0.05) is 16.3 Å². The summed E-state index contributed by atoms with van der Waals surface area (Å²) in [5.41, 5.74) is 6.02. The standard InChI is InChI=1S/C22H22O/c1-13-10-14(2)20(22(3,4)5)21-19(13)17-11-15-8-6-7-9-16(15)12-18(17)23-21/h6-12H,1-5H3. The van der Waals surface area contributed by atoms with Gasteiger partial charge in [0.1, 0.15) is 11.2 Å². The van der Waals surface area contributed by atoms with Crippen molar-refractivity contribution in [2.45, 2.75) is 40.0 Å². The lowest BCUT2D eigenvalue weighted by atomic mass is 9.82. The second kappa shape index (κ2) is 4.61. The van der Waals surface area contributed by atoms with E-state index in [-0.39, 0.29) is 5.41 Å². The van der Waals surface area contributed by atoms with Gasteiger partial charge in [-0.2, -0.15) is 0 Å². The molecule has 0 spiro atoms. The zero-order valence-electron chi connectivity index (χ0n) is 14.4. The quantitative estimate of drug-likeness (QED) is 0.354. The number of rotatable bonds is 0. The molecule has 1 heteroatoms. The minimum atomic E-state index is 0.0589. The van der Waals surface area contributed by atoms with Crippen molar-refractivity contribution in [3.05, 3.63) is 59.2 Å². The number of furan rings is 1. The number of benzene rings is 3. The highest BCUT2D eigenvalue weighted by Crippen LogP contribution is 2.41. The van der Waals surface area contributed by atoms with Crippen LogP contribution in [0.2, 0.25) is 0 Å². The first-order valence-corrected chi connectivity index (χ1v) is 8.22. The van der Waals surface area contributed by atoms with Crippen LogP contribution < -0.4 is 0 Å². The fraction of sp³-hybridized carbons (Fsp3) is 0.273. The lowest BCUT2D eigenvalue weighted by Gasteiger charge is -2.22. The van der Waals surface area contributed by atoms with Crippen LogP contribution in [0.15, 0.2) is 46.9 Å². The molecule has 0 aliphatic carbocycles. The van der Waals surface area contributed by atoms with Crippen molar-refractivity contribution in [2.24, 2.45) is 0 Å². The molecule has 1 heterocycles. The van der Waals surface area contributed by atoms with Crippen molar-refractivity contribution in [1.82, 2.24) is 0 Å². The van der Waals surface area contributed by atoms with Crippen LogP contribution in [0, 0.1) is 13.8 Å². The summed E-state index contributed by atoms with van der Waals surface area (Å²) >= 11 is 0. The van der Waals surface area contributed by atoms with Crippen molar-refractivity contribution in [2.75, 3.05) is 0 Å². The molecule has 116 valence electrons. The molecule has 0 N–H and O–H groups in total. The molecule has 0 aliphatic rings. The molecule has 0 saturated carbocycles. The second-order valence-electron chi connectivity index (χ2n) is 7.64. The zero-order valence-corrected chi connectivity index (χ0v) is 14.4. The maximum absolute atomic E-state index is 6.38. The Morgan fingerprint density at radius 3 is 2.13 bits per heavy atom. The van der Waals surface area contributed by atoms with E-state index in [2.05, 4.69) is 77.1 Å².